The molecule has 0 spiro atoms. The number of carbonyl (C=O) groups is 1. The third-order valence-corrected chi connectivity index (χ3v) is 4.10. The van der Waals surface area contributed by atoms with Gasteiger partial charge in [0.1, 0.15) is 5.82 Å². The normalized spacial score (nSPS) is 21.3. The minimum absolute atomic E-state index is 0.130. The number of aliphatic hydroxyl groups is 1. The molecule has 1 amide bonds. The first kappa shape index (κ1) is 18.2. The summed E-state index contributed by atoms with van der Waals surface area (Å²) >= 11 is 6.02. The van der Waals surface area contributed by atoms with E-state index >= 15 is 0 Å². The highest BCUT2D eigenvalue weighted by atomic mass is 35.5. The Balaban J connectivity index is 1.76. The summed E-state index contributed by atoms with van der Waals surface area (Å²) in [5, 5.41) is 12.8. The maximum Gasteiger partial charge on any atom is 0.223 e. The predicted molar refractivity (Wildman–Crippen MR) is 86.9 cm³/mol. The lowest BCUT2D eigenvalue weighted by Gasteiger charge is -2.13. The Kier molecular flexibility index (Phi) is 6.39. The molecule has 0 radical (unpaired) electrons. The van der Waals surface area contributed by atoms with E-state index in [1.165, 1.54) is 6.07 Å². The zero-order valence-electron chi connectivity index (χ0n) is 13.4. The average Bonchev–Trinajstić information content (AvgIpc) is 3.24. The standard InChI is InChI=1S/C17H23ClFNO3/c1-10(2)8-23-9-11(21)7-20-17(22)13-6-12(13)16-14(18)4-3-5-15(16)19/h3-5,10-13,21H,6-9H2,1-2H3,(H,20,22). The first-order valence-electron chi connectivity index (χ1n) is 7.87. The second-order valence-electron chi connectivity index (χ2n) is 6.41. The highest BCUT2D eigenvalue weighted by Crippen LogP contribution is 2.50. The molecule has 1 aliphatic rings. The van der Waals surface area contributed by atoms with Crippen molar-refractivity contribution in [1.29, 1.82) is 0 Å². The molecule has 1 fully saturated rings. The number of ether oxygens (including phenoxy) is 1. The zero-order valence-corrected chi connectivity index (χ0v) is 14.1. The Morgan fingerprint density at radius 1 is 1.48 bits per heavy atom. The number of hydrogen-bond donors (Lipinski definition) is 2. The molecule has 4 nitrogen and oxygen atoms in total. The molecule has 0 bridgehead atoms. The number of carbonyl (C=O) groups excluding carboxylic acids is 1. The van der Waals surface area contributed by atoms with E-state index in [0.717, 1.165) is 0 Å². The van der Waals surface area contributed by atoms with Crippen molar-refractivity contribution in [3.05, 3.63) is 34.6 Å². The van der Waals surface area contributed by atoms with E-state index in [2.05, 4.69) is 5.32 Å². The molecule has 1 aromatic carbocycles. The van der Waals surface area contributed by atoms with E-state index in [4.69, 9.17) is 16.3 Å². The van der Waals surface area contributed by atoms with E-state index in [0.29, 0.717) is 29.5 Å². The molecule has 128 valence electrons. The molecule has 3 unspecified atom stereocenters. The van der Waals surface area contributed by atoms with Crippen molar-refractivity contribution in [2.24, 2.45) is 11.8 Å². The lowest BCUT2D eigenvalue weighted by atomic mass is 10.1. The van der Waals surface area contributed by atoms with Crippen molar-refractivity contribution in [2.45, 2.75) is 32.3 Å². The summed E-state index contributed by atoms with van der Waals surface area (Å²) < 4.78 is 19.1. The average molecular weight is 344 g/mol. The highest BCUT2D eigenvalue weighted by molar-refractivity contribution is 6.31. The number of aliphatic hydroxyl groups excluding tert-OH is 1. The van der Waals surface area contributed by atoms with Gasteiger partial charge in [0.15, 0.2) is 0 Å². The fraction of sp³-hybridized carbons (Fsp3) is 0.588. The molecule has 2 N–H and O–H groups in total. The maximum atomic E-state index is 13.8. The largest absolute Gasteiger partial charge is 0.389 e. The van der Waals surface area contributed by atoms with Gasteiger partial charge in [-0.25, -0.2) is 4.39 Å². The fourth-order valence-corrected chi connectivity index (χ4v) is 2.82. The van der Waals surface area contributed by atoms with Crippen LogP contribution in [0.1, 0.15) is 31.7 Å². The molecular formula is C17H23ClFNO3. The number of rotatable bonds is 8. The van der Waals surface area contributed by atoms with E-state index in [1.807, 2.05) is 13.8 Å². The van der Waals surface area contributed by atoms with Crippen molar-refractivity contribution in [1.82, 2.24) is 5.32 Å². The second-order valence-corrected chi connectivity index (χ2v) is 6.82. The van der Waals surface area contributed by atoms with Gasteiger partial charge in [-0.3, -0.25) is 4.79 Å². The smallest absolute Gasteiger partial charge is 0.223 e. The summed E-state index contributed by atoms with van der Waals surface area (Å²) in [7, 11) is 0. The van der Waals surface area contributed by atoms with Gasteiger partial charge in [0.05, 0.1) is 12.7 Å². The molecule has 6 heteroatoms. The van der Waals surface area contributed by atoms with Gasteiger partial charge in [-0.05, 0) is 24.5 Å². The van der Waals surface area contributed by atoms with Crippen LogP contribution in [0.3, 0.4) is 0 Å². The van der Waals surface area contributed by atoms with Gasteiger partial charge in [-0.1, -0.05) is 31.5 Å². The third-order valence-electron chi connectivity index (χ3n) is 3.77. The van der Waals surface area contributed by atoms with Crippen LogP contribution < -0.4 is 5.32 Å². The predicted octanol–water partition coefficient (Wildman–Crippen LogP) is 2.73. The van der Waals surface area contributed by atoms with Crippen LogP contribution in [0.2, 0.25) is 5.02 Å². The molecule has 1 aromatic rings. The number of benzene rings is 1. The van der Waals surface area contributed by atoms with Gasteiger partial charge in [0, 0.05) is 35.6 Å². The highest BCUT2D eigenvalue weighted by Gasteiger charge is 2.46. The Morgan fingerprint density at radius 2 is 2.22 bits per heavy atom. The molecule has 0 aromatic heterocycles. The first-order chi connectivity index (χ1) is 10.9. The molecule has 0 heterocycles. The quantitative estimate of drug-likeness (QED) is 0.763. The first-order valence-corrected chi connectivity index (χ1v) is 8.25. The summed E-state index contributed by atoms with van der Waals surface area (Å²) in [6, 6.07) is 4.53. The molecule has 23 heavy (non-hydrogen) atoms. The Bertz CT molecular complexity index is 532. The second kappa shape index (κ2) is 8.08. The van der Waals surface area contributed by atoms with Crippen molar-refractivity contribution < 1.29 is 19.0 Å². The van der Waals surface area contributed by atoms with Crippen LogP contribution in [-0.4, -0.2) is 36.9 Å². The molecule has 0 aliphatic heterocycles. The minimum atomic E-state index is -0.744. The van der Waals surface area contributed by atoms with Gasteiger partial charge in [-0.15, -0.1) is 0 Å². The lowest BCUT2D eigenvalue weighted by Crippen LogP contribution is -2.35. The Labute approximate surface area is 141 Å². The van der Waals surface area contributed by atoms with E-state index in [1.54, 1.807) is 12.1 Å². The van der Waals surface area contributed by atoms with Crippen LogP contribution in [0.4, 0.5) is 4.39 Å². The Morgan fingerprint density at radius 3 is 2.87 bits per heavy atom. The van der Waals surface area contributed by atoms with Gasteiger partial charge in [0.2, 0.25) is 5.91 Å². The van der Waals surface area contributed by atoms with Gasteiger partial charge >= 0.3 is 0 Å². The van der Waals surface area contributed by atoms with Crippen molar-refractivity contribution in [3.63, 3.8) is 0 Å². The molecule has 1 aliphatic carbocycles. The van der Waals surface area contributed by atoms with Gasteiger partial charge in [-0.2, -0.15) is 0 Å². The summed E-state index contributed by atoms with van der Waals surface area (Å²) in [6.45, 7) is 4.93. The fourth-order valence-electron chi connectivity index (χ4n) is 2.52. The van der Waals surface area contributed by atoms with E-state index in [-0.39, 0.29) is 36.7 Å². The van der Waals surface area contributed by atoms with Crippen LogP contribution >= 0.6 is 11.6 Å². The lowest BCUT2D eigenvalue weighted by molar-refractivity contribution is -0.123. The topological polar surface area (TPSA) is 58.6 Å². The van der Waals surface area contributed by atoms with Crippen LogP contribution in [-0.2, 0) is 9.53 Å². The maximum absolute atomic E-state index is 13.8. The van der Waals surface area contributed by atoms with Crippen molar-refractivity contribution >= 4 is 17.5 Å². The summed E-state index contributed by atoms with van der Waals surface area (Å²) in [5.74, 6) is -0.627. The van der Waals surface area contributed by atoms with Crippen molar-refractivity contribution in [2.75, 3.05) is 19.8 Å². The van der Waals surface area contributed by atoms with Crippen LogP contribution in [0, 0.1) is 17.7 Å². The SMILES string of the molecule is CC(C)COCC(O)CNC(=O)C1CC1c1c(F)cccc1Cl. The zero-order chi connectivity index (χ0) is 17.0. The summed E-state index contributed by atoms with van der Waals surface area (Å²) in [6.07, 6.45) is -0.168. The summed E-state index contributed by atoms with van der Waals surface area (Å²) in [5.41, 5.74) is 0.412. The number of hydrogen-bond acceptors (Lipinski definition) is 3. The van der Waals surface area contributed by atoms with E-state index < -0.39 is 6.10 Å². The van der Waals surface area contributed by atoms with Gasteiger partial charge < -0.3 is 15.2 Å². The number of halogens is 2. The number of amides is 1. The van der Waals surface area contributed by atoms with Crippen LogP contribution in [0.5, 0.6) is 0 Å². The molecule has 3 atom stereocenters. The van der Waals surface area contributed by atoms with Crippen LogP contribution in [0.15, 0.2) is 18.2 Å². The molecular weight excluding hydrogens is 321 g/mol. The summed E-state index contributed by atoms with van der Waals surface area (Å²) in [4.78, 5) is 12.1. The monoisotopic (exact) mass is 343 g/mol. The third kappa shape index (κ3) is 5.16. The molecule has 2 rings (SSSR count). The van der Waals surface area contributed by atoms with Crippen molar-refractivity contribution in [3.8, 4) is 0 Å². The minimum Gasteiger partial charge on any atom is -0.389 e. The van der Waals surface area contributed by atoms with E-state index in [9.17, 15) is 14.3 Å². The van der Waals surface area contributed by atoms with Gasteiger partial charge in [0.25, 0.3) is 0 Å². The number of nitrogens with one attached hydrogen (secondary N) is 1. The Hall–Kier alpha value is -1.17. The molecule has 1 saturated carbocycles. The van der Waals surface area contributed by atoms with Crippen LogP contribution in [0.25, 0.3) is 0 Å². The molecule has 0 saturated heterocycles.